The first-order chi connectivity index (χ1) is 10.4. The Balaban J connectivity index is 2.18. The summed E-state index contributed by atoms with van der Waals surface area (Å²) in [5.74, 6) is 0. The molecule has 4 nitrogen and oxygen atoms in total. The molecule has 1 aromatic heterocycles. The van der Waals surface area contributed by atoms with E-state index in [1.807, 2.05) is 0 Å². The van der Waals surface area contributed by atoms with Crippen molar-refractivity contribution in [3.05, 3.63) is 35.2 Å². The molecule has 2 rings (SSSR count). The van der Waals surface area contributed by atoms with Crippen molar-refractivity contribution in [2.24, 2.45) is 4.99 Å². The molecule has 0 saturated carbocycles. The summed E-state index contributed by atoms with van der Waals surface area (Å²) in [7, 11) is -1.57. The number of imidazole rings is 1. The summed E-state index contributed by atoms with van der Waals surface area (Å²) < 4.78 is 49.8. The maximum atomic E-state index is 12.6. The van der Waals surface area contributed by atoms with Crippen molar-refractivity contribution in [1.82, 2.24) is 9.97 Å². The van der Waals surface area contributed by atoms with Crippen LogP contribution in [-0.4, -0.2) is 25.9 Å². The van der Waals surface area contributed by atoms with Crippen molar-refractivity contribution in [3.8, 4) is 0 Å². The van der Waals surface area contributed by atoms with E-state index < -0.39 is 22.5 Å². The van der Waals surface area contributed by atoms with Crippen molar-refractivity contribution in [2.75, 3.05) is 6.54 Å². The summed E-state index contributed by atoms with van der Waals surface area (Å²) in [6, 6.07) is 3.13. The number of benzene rings is 1. The first-order valence-electron chi connectivity index (χ1n) is 6.09. The zero-order valence-electron chi connectivity index (χ0n) is 11.1. The Labute approximate surface area is 131 Å². The number of aliphatic imine (C=N–C) groups is 1. The fourth-order valence-electron chi connectivity index (χ4n) is 1.66. The number of rotatable bonds is 5. The molecule has 0 radical (unpaired) electrons. The second-order valence-electron chi connectivity index (χ2n) is 4.20. The van der Waals surface area contributed by atoms with E-state index in [1.54, 1.807) is 6.08 Å². The standard InChI is InChI=1S/C13H10F3N3OS2/c14-13(15,16)9-3-4-10-11(7-9)19-12(18-10)22(20)6-2-1-5-17-8-21/h2-4,6-7H,1,5H2,(H,18,19)/b6-2+. The molecule has 1 heterocycles. The van der Waals surface area contributed by atoms with Crippen molar-refractivity contribution >= 4 is 39.2 Å². The van der Waals surface area contributed by atoms with Gasteiger partial charge in [0.2, 0.25) is 5.16 Å². The van der Waals surface area contributed by atoms with Gasteiger partial charge in [-0.2, -0.15) is 13.2 Å². The van der Waals surface area contributed by atoms with Crippen molar-refractivity contribution < 1.29 is 17.4 Å². The summed E-state index contributed by atoms with van der Waals surface area (Å²) >= 11 is 4.41. The molecule has 1 atom stereocenters. The molecule has 2 aromatic rings. The van der Waals surface area contributed by atoms with Crippen molar-refractivity contribution in [2.45, 2.75) is 17.8 Å². The lowest BCUT2D eigenvalue weighted by molar-refractivity contribution is -0.137. The number of hydrogen-bond donors (Lipinski definition) is 1. The minimum atomic E-state index is -4.43. The maximum absolute atomic E-state index is 12.6. The minimum Gasteiger partial charge on any atom is -0.331 e. The van der Waals surface area contributed by atoms with E-state index in [0.717, 1.165) is 12.1 Å². The fraction of sp³-hybridized carbons (Fsp3) is 0.231. The van der Waals surface area contributed by atoms with Gasteiger partial charge in [0.1, 0.15) is 10.8 Å². The highest BCUT2D eigenvalue weighted by atomic mass is 32.2. The molecule has 0 aliphatic heterocycles. The van der Waals surface area contributed by atoms with Gasteiger partial charge in [-0.3, -0.25) is 0 Å². The molecule has 0 fully saturated rings. The van der Waals surface area contributed by atoms with Gasteiger partial charge in [-0.25, -0.2) is 14.2 Å². The molecule has 0 spiro atoms. The summed E-state index contributed by atoms with van der Waals surface area (Å²) in [5.41, 5.74) is -0.263. The highest BCUT2D eigenvalue weighted by molar-refractivity contribution is 7.87. The van der Waals surface area contributed by atoms with Gasteiger partial charge in [-0.1, -0.05) is 6.08 Å². The molecule has 0 amide bonds. The van der Waals surface area contributed by atoms with E-state index in [0.29, 0.717) is 18.5 Å². The van der Waals surface area contributed by atoms with Gasteiger partial charge in [0.25, 0.3) is 0 Å². The third kappa shape index (κ3) is 4.09. The van der Waals surface area contributed by atoms with Crippen LogP contribution in [0, 0.1) is 0 Å². The first kappa shape index (κ1) is 16.5. The summed E-state index contributed by atoms with van der Waals surface area (Å²) in [5, 5.41) is 3.72. The fourth-order valence-corrected chi connectivity index (χ4v) is 2.59. The number of isothiocyanates is 1. The van der Waals surface area contributed by atoms with Gasteiger partial charge >= 0.3 is 6.18 Å². The van der Waals surface area contributed by atoms with E-state index in [4.69, 9.17) is 0 Å². The van der Waals surface area contributed by atoms with Crippen LogP contribution < -0.4 is 0 Å². The van der Waals surface area contributed by atoms with E-state index in [-0.39, 0.29) is 10.7 Å². The first-order valence-corrected chi connectivity index (χ1v) is 7.72. The van der Waals surface area contributed by atoms with Gasteiger partial charge in [0.15, 0.2) is 0 Å². The third-order valence-corrected chi connectivity index (χ3v) is 3.81. The Hall–Kier alpha value is -1.83. The SMILES string of the molecule is O=S(/C=C/CCN=C=S)c1nc2ccc(C(F)(F)F)cc2[nH]1. The minimum absolute atomic E-state index is 0.101. The maximum Gasteiger partial charge on any atom is 0.416 e. The van der Waals surface area contributed by atoms with Crippen molar-refractivity contribution in [3.63, 3.8) is 0 Å². The molecule has 116 valence electrons. The Kier molecular flexibility index (Phi) is 5.23. The number of nitrogens with zero attached hydrogens (tertiary/aromatic N) is 2. The molecule has 0 bridgehead atoms. The van der Waals surface area contributed by atoms with Crippen LogP contribution in [0.4, 0.5) is 13.2 Å². The van der Waals surface area contributed by atoms with E-state index in [2.05, 4.69) is 32.3 Å². The van der Waals surface area contributed by atoms with Crippen LogP contribution in [0.3, 0.4) is 0 Å². The molecular weight excluding hydrogens is 335 g/mol. The van der Waals surface area contributed by atoms with Crippen LogP contribution in [0.2, 0.25) is 0 Å². The third-order valence-electron chi connectivity index (χ3n) is 2.67. The second-order valence-corrected chi connectivity index (χ2v) is 5.64. The Morgan fingerprint density at radius 2 is 2.23 bits per heavy atom. The molecular formula is C13H10F3N3OS2. The molecule has 1 aromatic carbocycles. The molecule has 0 aliphatic carbocycles. The number of aromatic amines is 1. The van der Waals surface area contributed by atoms with Gasteiger partial charge in [0, 0.05) is 5.41 Å². The lowest BCUT2D eigenvalue weighted by atomic mass is 10.2. The number of hydrogen-bond acceptors (Lipinski definition) is 4. The second kappa shape index (κ2) is 6.95. The molecule has 22 heavy (non-hydrogen) atoms. The lowest BCUT2D eigenvalue weighted by Gasteiger charge is -2.04. The summed E-state index contributed by atoms with van der Waals surface area (Å²) in [6.45, 7) is 0.437. The topological polar surface area (TPSA) is 58.1 Å². The van der Waals surface area contributed by atoms with Gasteiger partial charge in [-0.05, 0) is 36.8 Å². The Morgan fingerprint density at radius 3 is 2.91 bits per heavy atom. The van der Waals surface area contributed by atoms with E-state index in [9.17, 15) is 17.4 Å². The molecule has 0 aliphatic rings. The highest BCUT2D eigenvalue weighted by Crippen LogP contribution is 2.31. The summed E-state index contributed by atoms with van der Waals surface area (Å²) in [4.78, 5) is 10.4. The quantitative estimate of drug-likeness (QED) is 0.511. The lowest BCUT2D eigenvalue weighted by Crippen LogP contribution is -2.04. The summed E-state index contributed by atoms with van der Waals surface area (Å²) in [6.07, 6.45) is -2.25. The average molecular weight is 345 g/mol. The largest absolute Gasteiger partial charge is 0.416 e. The zero-order chi connectivity index (χ0) is 16.2. The number of nitrogens with one attached hydrogen (secondary N) is 1. The molecule has 1 unspecified atom stereocenters. The van der Waals surface area contributed by atoms with Crippen LogP contribution in [0.1, 0.15) is 12.0 Å². The van der Waals surface area contributed by atoms with Gasteiger partial charge in [-0.15, -0.1) is 0 Å². The number of aromatic nitrogens is 2. The van der Waals surface area contributed by atoms with E-state index in [1.165, 1.54) is 11.5 Å². The van der Waals surface area contributed by atoms with Crippen molar-refractivity contribution in [1.29, 1.82) is 0 Å². The molecule has 9 heteroatoms. The smallest absolute Gasteiger partial charge is 0.331 e. The van der Waals surface area contributed by atoms with Crippen LogP contribution in [0.25, 0.3) is 11.0 Å². The average Bonchev–Trinajstić information content (AvgIpc) is 2.89. The number of H-pyrrole nitrogens is 1. The van der Waals surface area contributed by atoms with Crippen LogP contribution in [0.5, 0.6) is 0 Å². The number of fused-ring (bicyclic) bond motifs is 1. The van der Waals surface area contributed by atoms with Crippen LogP contribution in [-0.2, 0) is 17.0 Å². The Bertz CT molecular complexity index is 776. The van der Waals surface area contributed by atoms with Crippen LogP contribution >= 0.6 is 12.2 Å². The number of thiocarbonyl (C=S) groups is 1. The van der Waals surface area contributed by atoms with Gasteiger partial charge in [0.05, 0.1) is 28.3 Å². The molecule has 0 saturated heterocycles. The Morgan fingerprint density at radius 1 is 1.45 bits per heavy atom. The zero-order valence-corrected chi connectivity index (χ0v) is 12.7. The van der Waals surface area contributed by atoms with Crippen LogP contribution in [0.15, 0.2) is 39.8 Å². The molecule has 1 N–H and O–H groups in total. The van der Waals surface area contributed by atoms with E-state index >= 15 is 0 Å². The predicted octanol–water partition coefficient (Wildman–Crippen LogP) is 3.70. The highest BCUT2D eigenvalue weighted by Gasteiger charge is 2.30. The van der Waals surface area contributed by atoms with Gasteiger partial charge < -0.3 is 4.98 Å². The normalized spacial score (nSPS) is 13.4. The monoisotopic (exact) mass is 345 g/mol. The predicted molar refractivity (Wildman–Crippen MR) is 81.2 cm³/mol. The number of alkyl halides is 3. The number of halogens is 3.